The van der Waals surface area contributed by atoms with E-state index in [9.17, 15) is 14.0 Å². The number of halogens is 1. The Morgan fingerprint density at radius 3 is 2.29 bits per heavy atom. The van der Waals surface area contributed by atoms with Crippen LogP contribution in [-0.4, -0.2) is 48.1 Å². The van der Waals surface area contributed by atoms with E-state index in [2.05, 4.69) is 0 Å². The van der Waals surface area contributed by atoms with E-state index in [0.717, 1.165) is 24.0 Å². The number of nitrogens with zero attached hydrogens (tertiary/aromatic N) is 2. The summed E-state index contributed by atoms with van der Waals surface area (Å²) in [5.74, 6) is -0.389. The van der Waals surface area contributed by atoms with Gasteiger partial charge in [0.25, 0.3) is 5.91 Å². The Morgan fingerprint density at radius 1 is 0.943 bits per heavy atom. The summed E-state index contributed by atoms with van der Waals surface area (Å²) in [4.78, 5) is 29.6. The molecule has 2 heterocycles. The highest BCUT2D eigenvalue weighted by Gasteiger charge is 2.46. The number of rotatable bonds is 4. The number of piperidine rings is 1. The molecule has 3 aromatic rings. The number of carbonyl (C=O) groups is 2. The first-order chi connectivity index (χ1) is 17.0. The molecule has 0 radical (unpaired) electrons. The number of carbonyl (C=O) groups excluding carboxylic acids is 2. The lowest BCUT2D eigenvalue weighted by Gasteiger charge is -2.39. The molecule has 0 unspecified atom stereocenters. The normalized spacial score (nSPS) is 19.0. The summed E-state index contributed by atoms with van der Waals surface area (Å²) in [6.45, 7) is 3.16. The zero-order valence-electron chi connectivity index (χ0n) is 19.8. The third-order valence-corrected chi connectivity index (χ3v) is 7.20. The lowest BCUT2D eigenvalue weighted by molar-refractivity contribution is -0.117. The summed E-state index contributed by atoms with van der Waals surface area (Å²) in [6, 6.07) is 23.6. The summed E-state index contributed by atoms with van der Waals surface area (Å²) in [5, 5.41) is 0. The molecule has 2 saturated heterocycles. The van der Waals surface area contributed by atoms with Crippen LogP contribution in [0.15, 0.2) is 78.9 Å². The van der Waals surface area contributed by atoms with Crippen LogP contribution >= 0.6 is 0 Å². The van der Waals surface area contributed by atoms with Crippen LogP contribution in [0.1, 0.15) is 36.5 Å². The molecule has 1 spiro atoms. The summed E-state index contributed by atoms with van der Waals surface area (Å²) < 4.78 is 19.7. The van der Waals surface area contributed by atoms with Gasteiger partial charge in [0, 0.05) is 31.3 Å². The van der Waals surface area contributed by atoms with Crippen molar-refractivity contribution >= 4 is 17.5 Å². The fourth-order valence-corrected chi connectivity index (χ4v) is 5.41. The van der Waals surface area contributed by atoms with E-state index in [1.54, 1.807) is 17.0 Å². The van der Waals surface area contributed by atoms with Gasteiger partial charge in [0.1, 0.15) is 5.82 Å². The maximum atomic E-state index is 13.5. The molecule has 3 aromatic carbocycles. The molecule has 0 saturated carbocycles. The number of hydrogen-bond acceptors (Lipinski definition) is 3. The van der Waals surface area contributed by atoms with E-state index in [1.165, 1.54) is 19.1 Å². The second-order valence-corrected chi connectivity index (χ2v) is 9.42. The van der Waals surface area contributed by atoms with Crippen molar-refractivity contribution in [2.24, 2.45) is 0 Å². The van der Waals surface area contributed by atoms with Gasteiger partial charge in [-0.25, -0.2) is 4.39 Å². The molecular formula is C29H29FN2O3. The van der Waals surface area contributed by atoms with Crippen LogP contribution in [-0.2, 0) is 9.53 Å². The topological polar surface area (TPSA) is 49.9 Å². The molecule has 6 heteroatoms. The number of amides is 2. The van der Waals surface area contributed by atoms with Gasteiger partial charge in [-0.15, -0.1) is 0 Å². The van der Waals surface area contributed by atoms with Gasteiger partial charge in [-0.2, -0.15) is 0 Å². The first kappa shape index (κ1) is 23.2. The SMILES string of the molecule is CC(=O)N(c1ccc(F)cc1)[C@@H]1COC2(CCN(C(=O)c3ccccc3-c3ccccc3)CC2)C1. The fraction of sp³-hybridized carbons (Fsp3) is 0.310. The van der Waals surface area contributed by atoms with Crippen LogP contribution in [0, 0.1) is 5.82 Å². The highest BCUT2D eigenvalue weighted by molar-refractivity contribution is 6.01. The van der Waals surface area contributed by atoms with E-state index < -0.39 is 0 Å². The average Bonchev–Trinajstić information content (AvgIpc) is 3.28. The summed E-state index contributed by atoms with van der Waals surface area (Å²) in [7, 11) is 0. The molecule has 2 aliphatic heterocycles. The van der Waals surface area contributed by atoms with Crippen LogP contribution in [0.2, 0.25) is 0 Å². The summed E-state index contributed by atoms with van der Waals surface area (Å²) in [6.07, 6.45) is 2.14. The third-order valence-electron chi connectivity index (χ3n) is 7.20. The second kappa shape index (κ2) is 9.62. The number of hydrogen-bond donors (Lipinski definition) is 0. The van der Waals surface area contributed by atoms with E-state index in [1.807, 2.05) is 59.5 Å². The van der Waals surface area contributed by atoms with Crippen molar-refractivity contribution in [2.75, 3.05) is 24.6 Å². The molecule has 180 valence electrons. The maximum Gasteiger partial charge on any atom is 0.254 e. The minimum atomic E-state index is -0.353. The Labute approximate surface area is 205 Å². The Hall–Kier alpha value is -3.51. The number of benzene rings is 3. The Kier molecular flexibility index (Phi) is 6.39. The smallest absolute Gasteiger partial charge is 0.254 e. The van der Waals surface area contributed by atoms with Gasteiger partial charge in [0.15, 0.2) is 0 Å². The minimum Gasteiger partial charge on any atom is -0.373 e. The molecule has 5 rings (SSSR count). The van der Waals surface area contributed by atoms with Gasteiger partial charge in [-0.1, -0.05) is 48.5 Å². The van der Waals surface area contributed by atoms with Gasteiger partial charge in [0.2, 0.25) is 5.91 Å². The van der Waals surface area contributed by atoms with Crippen LogP contribution in [0.5, 0.6) is 0 Å². The Morgan fingerprint density at radius 2 is 1.60 bits per heavy atom. The highest BCUT2D eigenvalue weighted by atomic mass is 19.1. The monoisotopic (exact) mass is 472 g/mol. The van der Waals surface area contributed by atoms with Gasteiger partial charge in [0.05, 0.1) is 18.2 Å². The number of anilines is 1. The molecule has 2 aliphatic rings. The highest BCUT2D eigenvalue weighted by Crippen LogP contribution is 2.39. The maximum absolute atomic E-state index is 13.5. The van der Waals surface area contributed by atoms with Crippen LogP contribution in [0.25, 0.3) is 11.1 Å². The molecule has 0 aliphatic carbocycles. The zero-order valence-corrected chi connectivity index (χ0v) is 19.8. The average molecular weight is 473 g/mol. The molecule has 2 fully saturated rings. The summed E-state index contributed by atoms with van der Waals surface area (Å²) in [5.41, 5.74) is 2.99. The van der Waals surface area contributed by atoms with E-state index in [4.69, 9.17) is 4.74 Å². The van der Waals surface area contributed by atoms with Gasteiger partial charge >= 0.3 is 0 Å². The lowest BCUT2D eigenvalue weighted by atomic mass is 9.86. The molecule has 0 N–H and O–H groups in total. The molecule has 1 atom stereocenters. The second-order valence-electron chi connectivity index (χ2n) is 9.42. The molecule has 5 nitrogen and oxygen atoms in total. The largest absolute Gasteiger partial charge is 0.373 e. The van der Waals surface area contributed by atoms with E-state index >= 15 is 0 Å². The number of ether oxygens (including phenoxy) is 1. The minimum absolute atomic E-state index is 0.0329. The molecule has 0 aromatic heterocycles. The standard InChI is InChI=1S/C29H29FN2O3/c1-21(33)32(24-13-11-23(30)12-14-24)25-19-29(35-20-25)15-17-31(18-16-29)28(34)27-10-6-5-9-26(27)22-7-3-2-4-8-22/h2-14,25H,15-20H2,1H3/t25-/m0/s1. The van der Waals surface area contributed by atoms with Crippen LogP contribution in [0.3, 0.4) is 0 Å². The van der Waals surface area contributed by atoms with E-state index in [-0.39, 0.29) is 29.3 Å². The lowest BCUT2D eigenvalue weighted by Crippen LogP contribution is -2.47. The predicted octanol–water partition coefficient (Wildman–Crippen LogP) is 5.31. The molecule has 35 heavy (non-hydrogen) atoms. The Balaban J connectivity index is 1.28. The van der Waals surface area contributed by atoms with Crippen molar-refractivity contribution in [1.82, 2.24) is 4.90 Å². The molecular weight excluding hydrogens is 443 g/mol. The van der Waals surface area contributed by atoms with Crippen LogP contribution in [0.4, 0.5) is 10.1 Å². The molecule has 0 bridgehead atoms. The first-order valence-corrected chi connectivity index (χ1v) is 12.1. The Bertz CT molecular complexity index is 1200. The summed E-state index contributed by atoms with van der Waals surface area (Å²) >= 11 is 0. The van der Waals surface area contributed by atoms with Crippen molar-refractivity contribution in [3.05, 3.63) is 90.2 Å². The third kappa shape index (κ3) is 4.71. The zero-order chi connectivity index (χ0) is 24.4. The predicted molar refractivity (Wildman–Crippen MR) is 134 cm³/mol. The van der Waals surface area contributed by atoms with Crippen molar-refractivity contribution in [3.8, 4) is 11.1 Å². The van der Waals surface area contributed by atoms with Crippen molar-refractivity contribution in [3.63, 3.8) is 0 Å². The first-order valence-electron chi connectivity index (χ1n) is 12.1. The van der Waals surface area contributed by atoms with Gasteiger partial charge < -0.3 is 14.5 Å². The van der Waals surface area contributed by atoms with Crippen molar-refractivity contribution < 1.29 is 18.7 Å². The van der Waals surface area contributed by atoms with Gasteiger partial charge in [-0.05, 0) is 60.7 Å². The quantitative estimate of drug-likeness (QED) is 0.517. The van der Waals surface area contributed by atoms with E-state index in [0.29, 0.717) is 37.4 Å². The number of likely N-dealkylation sites (tertiary alicyclic amines) is 1. The van der Waals surface area contributed by atoms with Crippen molar-refractivity contribution in [2.45, 2.75) is 37.8 Å². The molecule has 2 amide bonds. The fourth-order valence-electron chi connectivity index (χ4n) is 5.41. The van der Waals surface area contributed by atoms with Crippen molar-refractivity contribution in [1.29, 1.82) is 0 Å². The van der Waals surface area contributed by atoms with Gasteiger partial charge in [-0.3, -0.25) is 9.59 Å². The van der Waals surface area contributed by atoms with Crippen LogP contribution < -0.4 is 4.90 Å².